The third-order valence-corrected chi connectivity index (χ3v) is 9.53. The molecule has 5 rings (SSSR count). The third kappa shape index (κ3) is 4.95. The molecule has 200 valence electrons. The van der Waals surface area contributed by atoms with E-state index in [1.165, 1.54) is 8.99 Å². The topological polar surface area (TPSA) is 117 Å². The molecule has 1 saturated heterocycles. The summed E-state index contributed by atoms with van der Waals surface area (Å²) in [6.07, 6.45) is 3.27. The van der Waals surface area contributed by atoms with E-state index < -0.39 is 10.0 Å². The predicted octanol–water partition coefficient (Wildman–Crippen LogP) is 2.83. The van der Waals surface area contributed by atoms with Crippen LogP contribution < -0.4 is 10.2 Å². The number of aromatic nitrogens is 3. The summed E-state index contributed by atoms with van der Waals surface area (Å²) in [5.41, 5.74) is 3.83. The number of para-hydroxylation sites is 1. The first kappa shape index (κ1) is 26.1. The van der Waals surface area contributed by atoms with Crippen molar-refractivity contribution >= 4 is 33.3 Å². The van der Waals surface area contributed by atoms with E-state index >= 15 is 0 Å². The lowest BCUT2D eigenvalue weighted by Crippen LogP contribution is -2.41. The number of amides is 2. The van der Waals surface area contributed by atoms with Crippen molar-refractivity contribution in [2.75, 3.05) is 29.9 Å². The van der Waals surface area contributed by atoms with Crippen molar-refractivity contribution in [3.8, 4) is 0 Å². The van der Waals surface area contributed by atoms with E-state index in [0.29, 0.717) is 36.6 Å². The van der Waals surface area contributed by atoms with E-state index in [9.17, 15) is 18.0 Å². The van der Waals surface area contributed by atoms with Crippen molar-refractivity contribution in [3.05, 3.63) is 65.1 Å². The first-order chi connectivity index (χ1) is 18.1. The number of pyridine rings is 1. The monoisotopic (exact) mass is 536 g/mol. The fraction of sp³-hybridized carbons (Fsp3) is 0.407. The van der Waals surface area contributed by atoms with Crippen LogP contribution in [0.15, 0.2) is 47.5 Å². The fourth-order valence-corrected chi connectivity index (χ4v) is 7.18. The van der Waals surface area contributed by atoms with Gasteiger partial charge in [-0.2, -0.15) is 9.40 Å². The average molecular weight is 537 g/mol. The first-order valence-corrected chi connectivity index (χ1v) is 14.2. The maximum Gasteiger partial charge on any atom is 0.248 e. The zero-order valence-electron chi connectivity index (χ0n) is 21.8. The third-order valence-electron chi connectivity index (χ3n) is 7.38. The lowest BCUT2D eigenvalue weighted by atomic mass is 9.97. The number of sulfonamides is 1. The van der Waals surface area contributed by atoms with Crippen LogP contribution in [0.4, 0.5) is 11.5 Å². The number of benzene rings is 1. The molecule has 0 atom stereocenters. The van der Waals surface area contributed by atoms with Gasteiger partial charge >= 0.3 is 0 Å². The van der Waals surface area contributed by atoms with Crippen LogP contribution in [-0.2, 0) is 32.6 Å². The van der Waals surface area contributed by atoms with Gasteiger partial charge in [0.25, 0.3) is 0 Å². The van der Waals surface area contributed by atoms with Gasteiger partial charge in [0.15, 0.2) is 0 Å². The van der Waals surface area contributed by atoms with E-state index in [1.807, 2.05) is 37.3 Å². The summed E-state index contributed by atoms with van der Waals surface area (Å²) < 4.78 is 30.1. The number of fused-ring (bicyclic) bond motifs is 1. The van der Waals surface area contributed by atoms with E-state index in [2.05, 4.69) is 15.4 Å². The Morgan fingerprint density at radius 3 is 2.53 bits per heavy atom. The number of carbonyl (C=O) groups excluding carboxylic acids is 2. The summed E-state index contributed by atoms with van der Waals surface area (Å²) in [6.45, 7) is 6.30. The predicted molar refractivity (Wildman–Crippen MR) is 143 cm³/mol. The molecule has 38 heavy (non-hydrogen) atoms. The van der Waals surface area contributed by atoms with Gasteiger partial charge in [-0.3, -0.25) is 14.3 Å². The van der Waals surface area contributed by atoms with E-state index in [0.717, 1.165) is 23.2 Å². The van der Waals surface area contributed by atoms with Gasteiger partial charge in [-0.15, -0.1) is 0 Å². The molecule has 0 saturated carbocycles. The van der Waals surface area contributed by atoms with Gasteiger partial charge < -0.3 is 10.2 Å². The number of rotatable bonds is 6. The molecular formula is C27H32N6O4S. The number of nitrogens with one attached hydrogen (secondary N) is 1. The Morgan fingerprint density at radius 1 is 1.05 bits per heavy atom. The maximum atomic E-state index is 13.6. The van der Waals surface area contributed by atoms with Crippen molar-refractivity contribution in [2.45, 2.75) is 51.5 Å². The molecule has 0 aliphatic carbocycles. The molecule has 2 aliphatic heterocycles. The molecule has 2 amide bonds. The second kappa shape index (κ2) is 10.3. The Kier molecular flexibility index (Phi) is 7.06. The zero-order valence-corrected chi connectivity index (χ0v) is 22.7. The summed E-state index contributed by atoms with van der Waals surface area (Å²) in [5.74, 6) is -0.0768. The number of hydrogen-bond donors (Lipinski definition) is 1. The summed E-state index contributed by atoms with van der Waals surface area (Å²) in [6, 6.07) is 11.5. The lowest BCUT2D eigenvalue weighted by Gasteiger charge is -2.30. The molecule has 0 spiro atoms. The summed E-state index contributed by atoms with van der Waals surface area (Å²) in [5, 5.41) is 7.27. The molecule has 11 heteroatoms. The van der Waals surface area contributed by atoms with Gasteiger partial charge in [-0.1, -0.05) is 18.2 Å². The van der Waals surface area contributed by atoms with Crippen LogP contribution in [-0.4, -0.2) is 58.9 Å². The minimum absolute atomic E-state index is 0.0359. The van der Waals surface area contributed by atoms with Crippen molar-refractivity contribution in [1.82, 2.24) is 19.1 Å². The highest BCUT2D eigenvalue weighted by molar-refractivity contribution is 7.89. The van der Waals surface area contributed by atoms with Gasteiger partial charge in [0.1, 0.15) is 17.3 Å². The number of aryl methyl sites for hydroxylation is 2. The SMILES string of the molecule is Cc1ccnc(NC(=O)C2CCN(S(=O)(=O)c3c(C)nn(CC(=O)N4CCc5ccccc54)c3C)CC2)c1. The number of carbonyl (C=O) groups is 2. The molecule has 1 N–H and O–H groups in total. The highest BCUT2D eigenvalue weighted by Gasteiger charge is 2.36. The molecule has 0 radical (unpaired) electrons. The molecule has 3 aromatic rings. The molecule has 0 unspecified atom stereocenters. The summed E-state index contributed by atoms with van der Waals surface area (Å²) >= 11 is 0. The van der Waals surface area contributed by atoms with Gasteiger partial charge in [-0.25, -0.2) is 13.4 Å². The zero-order chi connectivity index (χ0) is 27.0. The van der Waals surface area contributed by atoms with Crippen LogP contribution in [0.5, 0.6) is 0 Å². The molecular weight excluding hydrogens is 504 g/mol. The van der Waals surface area contributed by atoms with Gasteiger partial charge in [0.2, 0.25) is 21.8 Å². The van der Waals surface area contributed by atoms with Crippen LogP contribution in [0.2, 0.25) is 0 Å². The first-order valence-electron chi connectivity index (χ1n) is 12.8. The number of anilines is 2. The van der Waals surface area contributed by atoms with E-state index in [1.54, 1.807) is 31.0 Å². The van der Waals surface area contributed by atoms with Crippen LogP contribution in [0.3, 0.4) is 0 Å². The summed E-state index contributed by atoms with van der Waals surface area (Å²) in [7, 11) is -3.84. The Morgan fingerprint density at radius 2 is 1.79 bits per heavy atom. The van der Waals surface area contributed by atoms with Crippen LogP contribution in [0, 0.1) is 26.7 Å². The smallest absolute Gasteiger partial charge is 0.248 e. The normalized spacial score (nSPS) is 16.4. The molecule has 4 heterocycles. The Balaban J connectivity index is 1.25. The van der Waals surface area contributed by atoms with Gasteiger partial charge in [-0.05, 0) is 69.4 Å². The van der Waals surface area contributed by atoms with Crippen LogP contribution in [0.25, 0.3) is 0 Å². The molecule has 1 aromatic carbocycles. The van der Waals surface area contributed by atoms with E-state index in [-0.39, 0.29) is 42.3 Å². The highest BCUT2D eigenvalue weighted by atomic mass is 32.2. The summed E-state index contributed by atoms with van der Waals surface area (Å²) in [4.78, 5) is 31.9. The molecule has 0 bridgehead atoms. The second-order valence-electron chi connectivity index (χ2n) is 9.97. The van der Waals surface area contributed by atoms with Crippen molar-refractivity contribution in [1.29, 1.82) is 0 Å². The van der Waals surface area contributed by atoms with Crippen LogP contribution in [0.1, 0.15) is 35.4 Å². The van der Waals surface area contributed by atoms with Crippen molar-refractivity contribution in [2.24, 2.45) is 5.92 Å². The maximum absolute atomic E-state index is 13.6. The molecule has 2 aliphatic rings. The Bertz CT molecular complexity index is 1490. The minimum atomic E-state index is -3.84. The molecule has 2 aromatic heterocycles. The Hall–Kier alpha value is -3.57. The van der Waals surface area contributed by atoms with Crippen molar-refractivity contribution in [3.63, 3.8) is 0 Å². The van der Waals surface area contributed by atoms with Crippen molar-refractivity contribution < 1.29 is 18.0 Å². The van der Waals surface area contributed by atoms with Crippen LogP contribution >= 0.6 is 0 Å². The highest BCUT2D eigenvalue weighted by Crippen LogP contribution is 2.30. The van der Waals surface area contributed by atoms with Gasteiger partial charge in [0.05, 0.1) is 11.4 Å². The second-order valence-corrected chi connectivity index (χ2v) is 11.8. The van der Waals surface area contributed by atoms with Gasteiger partial charge in [0, 0.05) is 37.4 Å². The number of piperidine rings is 1. The minimum Gasteiger partial charge on any atom is -0.310 e. The molecule has 10 nitrogen and oxygen atoms in total. The number of nitrogens with zero attached hydrogens (tertiary/aromatic N) is 5. The quantitative estimate of drug-likeness (QED) is 0.518. The molecule has 1 fully saturated rings. The average Bonchev–Trinajstić information content (AvgIpc) is 3.44. The Labute approximate surface area is 222 Å². The fourth-order valence-electron chi connectivity index (χ4n) is 5.34. The number of hydrogen-bond acceptors (Lipinski definition) is 6. The van der Waals surface area contributed by atoms with E-state index in [4.69, 9.17) is 0 Å². The standard InChI is InChI=1S/C27H32N6O4S/c1-18-8-12-28-24(16-18)29-27(35)22-9-13-31(14-10-22)38(36,37)26-19(2)30-33(20(26)3)17-25(34)32-15-11-21-6-4-5-7-23(21)32/h4-8,12,16,22H,9-11,13-15,17H2,1-3H3,(H,28,29,35). The lowest BCUT2D eigenvalue weighted by molar-refractivity contribution is -0.121. The largest absolute Gasteiger partial charge is 0.310 e.